The molecule has 2 aromatic rings. The third-order valence-electron chi connectivity index (χ3n) is 2.83. The molecule has 0 radical (unpaired) electrons. The number of alkyl halides is 1. The van der Waals surface area contributed by atoms with Gasteiger partial charge in [-0.05, 0) is 17.7 Å². The predicted octanol–water partition coefficient (Wildman–Crippen LogP) is 3.47. The Morgan fingerprint density at radius 3 is 2.16 bits per heavy atom. The Morgan fingerprint density at radius 2 is 1.63 bits per heavy atom. The molecule has 2 aromatic carbocycles. The van der Waals surface area contributed by atoms with Crippen LogP contribution in [0.4, 0.5) is 0 Å². The molecule has 0 aromatic heterocycles. The van der Waals surface area contributed by atoms with E-state index in [0.717, 1.165) is 0 Å². The Labute approximate surface area is 116 Å². The molecule has 4 heteroatoms. The standard InChI is InChI=1S/C15H12ClNO2/c1-19-14-9-7-13(8-10-14)15(16,17-11-18)12-5-3-2-4-6-12/h2-10H,1H3. The Kier molecular flexibility index (Phi) is 4.00. The quantitative estimate of drug-likeness (QED) is 0.370. The van der Waals surface area contributed by atoms with Crippen molar-refractivity contribution < 1.29 is 9.53 Å². The first-order chi connectivity index (χ1) is 9.20. The maximum absolute atomic E-state index is 10.7. The molecule has 0 bridgehead atoms. The molecule has 2 rings (SSSR count). The van der Waals surface area contributed by atoms with Gasteiger partial charge >= 0.3 is 0 Å². The van der Waals surface area contributed by atoms with E-state index in [1.165, 1.54) is 0 Å². The highest BCUT2D eigenvalue weighted by molar-refractivity contribution is 6.26. The zero-order valence-corrected chi connectivity index (χ0v) is 11.1. The minimum atomic E-state index is -1.25. The van der Waals surface area contributed by atoms with Crippen LogP contribution in [0.1, 0.15) is 11.1 Å². The average Bonchev–Trinajstić information content (AvgIpc) is 2.48. The molecule has 96 valence electrons. The molecule has 0 N–H and O–H groups in total. The van der Waals surface area contributed by atoms with Crippen LogP contribution in [0.3, 0.4) is 0 Å². The number of nitrogens with zero attached hydrogens (tertiary/aromatic N) is 1. The first-order valence-electron chi connectivity index (χ1n) is 5.68. The molecule has 0 spiro atoms. The topological polar surface area (TPSA) is 38.7 Å². The number of aliphatic imine (C=N–C) groups is 1. The fourth-order valence-electron chi connectivity index (χ4n) is 1.83. The van der Waals surface area contributed by atoms with Crippen molar-refractivity contribution in [1.29, 1.82) is 0 Å². The van der Waals surface area contributed by atoms with Gasteiger partial charge in [-0.3, -0.25) is 0 Å². The van der Waals surface area contributed by atoms with Crippen molar-refractivity contribution >= 4 is 17.7 Å². The van der Waals surface area contributed by atoms with Gasteiger partial charge in [-0.1, -0.05) is 54.1 Å². The maximum Gasteiger partial charge on any atom is 0.237 e. The smallest absolute Gasteiger partial charge is 0.237 e. The third-order valence-corrected chi connectivity index (χ3v) is 3.35. The molecule has 0 saturated heterocycles. The van der Waals surface area contributed by atoms with Crippen LogP contribution in [0.5, 0.6) is 5.75 Å². The molecule has 19 heavy (non-hydrogen) atoms. The number of isocyanates is 1. The molecule has 0 saturated carbocycles. The predicted molar refractivity (Wildman–Crippen MR) is 74.2 cm³/mol. The summed E-state index contributed by atoms with van der Waals surface area (Å²) in [6, 6.07) is 16.3. The Balaban J connectivity index is 2.52. The summed E-state index contributed by atoms with van der Waals surface area (Å²) in [6.07, 6.45) is 1.55. The van der Waals surface area contributed by atoms with E-state index in [1.54, 1.807) is 37.5 Å². The van der Waals surface area contributed by atoms with Gasteiger partial charge in [-0.2, -0.15) is 4.99 Å². The lowest BCUT2D eigenvalue weighted by molar-refractivity contribution is 0.414. The number of methoxy groups -OCH3 is 1. The molecule has 1 unspecified atom stereocenters. The van der Waals surface area contributed by atoms with Crippen LogP contribution in [0, 0.1) is 0 Å². The highest BCUT2D eigenvalue weighted by Crippen LogP contribution is 2.38. The van der Waals surface area contributed by atoms with E-state index in [1.807, 2.05) is 30.3 Å². The summed E-state index contributed by atoms with van der Waals surface area (Å²) in [5.74, 6) is 0.714. The lowest BCUT2D eigenvalue weighted by Crippen LogP contribution is -2.17. The molecule has 1 atom stereocenters. The number of carbonyl (C=O) groups excluding carboxylic acids is 1. The number of hydrogen-bond acceptors (Lipinski definition) is 3. The van der Waals surface area contributed by atoms with E-state index < -0.39 is 5.00 Å². The van der Waals surface area contributed by atoms with E-state index in [4.69, 9.17) is 16.3 Å². The van der Waals surface area contributed by atoms with Crippen LogP contribution >= 0.6 is 11.6 Å². The van der Waals surface area contributed by atoms with Crippen molar-refractivity contribution in [3.8, 4) is 5.75 Å². The van der Waals surface area contributed by atoms with Crippen LogP contribution in [-0.2, 0) is 9.79 Å². The van der Waals surface area contributed by atoms with Gasteiger partial charge in [-0.25, -0.2) is 4.79 Å². The Bertz CT molecular complexity index is 591. The number of hydrogen-bond donors (Lipinski definition) is 0. The molecule has 0 aliphatic carbocycles. The van der Waals surface area contributed by atoms with E-state index >= 15 is 0 Å². The van der Waals surface area contributed by atoms with Crippen molar-refractivity contribution in [1.82, 2.24) is 0 Å². The maximum atomic E-state index is 10.7. The number of ether oxygens (including phenoxy) is 1. The SMILES string of the molecule is COc1ccc(C(Cl)(N=C=O)c2ccccc2)cc1. The minimum Gasteiger partial charge on any atom is -0.497 e. The normalized spacial score (nSPS) is 13.2. The summed E-state index contributed by atoms with van der Waals surface area (Å²) in [7, 11) is 1.59. The van der Waals surface area contributed by atoms with Crippen molar-refractivity contribution in [3.05, 3.63) is 65.7 Å². The largest absolute Gasteiger partial charge is 0.497 e. The monoisotopic (exact) mass is 273 g/mol. The second kappa shape index (κ2) is 5.70. The number of halogens is 1. The zero-order chi connectivity index (χ0) is 13.7. The van der Waals surface area contributed by atoms with Gasteiger partial charge in [0.15, 0.2) is 5.00 Å². The van der Waals surface area contributed by atoms with Crippen molar-refractivity contribution in [2.45, 2.75) is 5.00 Å². The second-order valence-corrected chi connectivity index (χ2v) is 4.47. The molecule has 0 fully saturated rings. The van der Waals surface area contributed by atoms with Crippen LogP contribution in [0.15, 0.2) is 59.6 Å². The molecule has 0 amide bonds. The van der Waals surface area contributed by atoms with Crippen LogP contribution in [0.2, 0.25) is 0 Å². The first kappa shape index (κ1) is 13.3. The van der Waals surface area contributed by atoms with Gasteiger partial charge in [0.05, 0.1) is 7.11 Å². The van der Waals surface area contributed by atoms with Crippen molar-refractivity contribution in [3.63, 3.8) is 0 Å². The zero-order valence-electron chi connectivity index (χ0n) is 10.3. The highest BCUT2D eigenvalue weighted by Gasteiger charge is 2.31. The van der Waals surface area contributed by atoms with Gasteiger partial charge in [0.25, 0.3) is 0 Å². The van der Waals surface area contributed by atoms with Crippen LogP contribution in [-0.4, -0.2) is 13.2 Å². The van der Waals surface area contributed by atoms with E-state index in [2.05, 4.69) is 4.99 Å². The van der Waals surface area contributed by atoms with Gasteiger partial charge < -0.3 is 4.74 Å². The molecular weight excluding hydrogens is 262 g/mol. The third kappa shape index (κ3) is 2.68. The van der Waals surface area contributed by atoms with E-state index in [-0.39, 0.29) is 0 Å². The van der Waals surface area contributed by atoms with Gasteiger partial charge in [0.1, 0.15) is 5.75 Å². The molecule has 0 aliphatic heterocycles. The lowest BCUT2D eigenvalue weighted by atomic mass is 9.98. The summed E-state index contributed by atoms with van der Waals surface area (Å²) in [4.78, 5) is 13.2. The number of benzene rings is 2. The summed E-state index contributed by atoms with van der Waals surface area (Å²) in [5, 5.41) is 0. The molecule has 0 heterocycles. The summed E-state index contributed by atoms with van der Waals surface area (Å²) >= 11 is 6.52. The molecule has 3 nitrogen and oxygen atoms in total. The highest BCUT2D eigenvalue weighted by atomic mass is 35.5. The van der Waals surface area contributed by atoms with Gasteiger partial charge in [0.2, 0.25) is 6.08 Å². The minimum absolute atomic E-state index is 0.685. The fourth-order valence-corrected chi connectivity index (χ4v) is 2.12. The Morgan fingerprint density at radius 1 is 1.05 bits per heavy atom. The van der Waals surface area contributed by atoms with Crippen LogP contribution < -0.4 is 4.74 Å². The van der Waals surface area contributed by atoms with E-state index in [0.29, 0.717) is 16.9 Å². The lowest BCUT2D eigenvalue weighted by Gasteiger charge is -2.22. The number of rotatable bonds is 4. The van der Waals surface area contributed by atoms with Gasteiger partial charge in [-0.15, -0.1) is 0 Å². The fraction of sp³-hybridized carbons (Fsp3) is 0.133. The van der Waals surface area contributed by atoms with E-state index in [9.17, 15) is 4.79 Å². The average molecular weight is 274 g/mol. The summed E-state index contributed by atoms with van der Waals surface area (Å²) < 4.78 is 5.10. The summed E-state index contributed by atoms with van der Waals surface area (Å²) in [5.41, 5.74) is 1.40. The van der Waals surface area contributed by atoms with Gasteiger partial charge in [0, 0.05) is 5.56 Å². The Hall–Kier alpha value is -2.09. The second-order valence-electron chi connectivity index (χ2n) is 3.92. The van der Waals surface area contributed by atoms with Crippen LogP contribution in [0.25, 0.3) is 0 Å². The van der Waals surface area contributed by atoms with Crippen molar-refractivity contribution in [2.75, 3.05) is 7.11 Å². The summed E-state index contributed by atoms with van der Waals surface area (Å²) in [6.45, 7) is 0. The molecule has 0 aliphatic rings. The first-order valence-corrected chi connectivity index (χ1v) is 6.06. The van der Waals surface area contributed by atoms with Crippen molar-refractivity contribution in [2.24, 2.45) is 4.99 Å². The molecular formula is C15H12ClNO2.